The Morgan fingerprint density at radius 1 is 1.05 bits per heavy atom. The number of rotatable bonds is 1. The monoisotopic (exact) mass is 252 g/mol. The molecule has 1 unspecified atom stereocenters. The number of para-hydroxylation sites is 3. The molecule has 0 spiro atoms. The number of hydrogen-bond donors (Lipinski definition) is 1. The third-order valence-corrected chi connectivity index (χ3v) is 3.42. The second-order valence-corrected chi connectivity index (χ2v) is 4.85. The van der Waals surface area contributed by atoms with Gasteiger partial charge in [0.15, 0.2) is 0 Å². The van der Waals surface area contributed by atoms with E-state index in [4.69, 9.17) is 0 Å². The van der Waals surface area contributed by atoms with E-state index in [1.54, 1.807) is 0 Å². The zero-order valence-corrected chi connectivity index (χ0v) is 10.8. The zero-order valence-electron chi connectivity index (χ0n) is 10.8. The first-order valence-corrected chi connectivity index (χ1v) is 6.48. The summed E-state index contributed by atoms with van der Waals surface area (Å²) in [5, 5.41) is 2.99. The molecule has 0 aromatic heterocycles. The van der Waals surface area contributed by atoms with Crippen molar-refractivity contribution in [2.24, 2.45) is 5.92 Å². The van der Waals surface area contributed by atoms with Gasteiger partial charge in [-0.1, -0.05) is 37.3 Å². The van der Waals surface area contributed by atoms with Crippen LogP contribution in [0.2, 0.25) is 0 Å². The predicted molar refractivity (Wildman–Crippen MR) is 77.7 cm³/mol. The Kier molecular flexibility index (Phi) is 2.95. The van der Waals surface area contributed by atoms with Crippen molar-refractivity contribution in [3.63, 3.8) is 0 Å². The number of nitrogens with zero attached hydrogens (tertiary/aromatic N) is 1. The number of amides is 1. The van der Waals surface area contributed by atoms with Gasteiger partial charge in [-0.25, -0.2) is 0 Å². The van der Waals surface area contributed by atoms with Crippen LogP contribution in [0, 0.1) is 5.92 Å². The topological polar surface area (TPSA) is 32.3 Å². The van der Waals surface area contributed by atoms with Crippen molar-refractivity contribution >= 4 is 23.0 Å². The third kappa shape index (κ3) is 2.19. The molecule has 1 N–H and O–H groups in total. The van der Waals surface area contributed by atoms with Gasteiger partial charge in [-0.05, 0) is 24.3 Å². The second kappa shape index (κ2) is 4.76. The maximum absolute atomic E-state index is 12.0. The maximum Gasteiger partial charge on any atom is 0.229 e. The van der Waals surface area contributed by atoms with Crippen LogP contribution < -0.4 is 10.2 Å². The molecule has 1 atom stereocenters. The van der Waals surface area contributed by atoms with E-state index < -0.39 is 0 Å². The number of fused-ring (bicyclic) bond motifs is 1. The van der Waals surface area contributed by atoms with Gasteiger partial charge in [0.2, 0.25) is 5.91 Å². The smallest absolute Gasteiger partial charge is 0.229 e. The molecule has 96 valence electrons. The summed E-state index contributed by atoms with van der Waals surface area (Å²) in [4.78, 5) is 14.2. The minimum atomic E-state index is -0.0485. The summed E-state index contributed by atoms with van der Waals surface area (Å²) in [6.07, 6.45) is 0. The Labute approximate surface area is 112 Å². The molecule has 2 aromatic carbocycles. The molecule has 0 fully saturated rings. The fourth-order valence-corrected chi connectivity index (χ4v) is 2.38. The molecule has 3 nitrogen and oxygen atoms in total. The first-order chi connectivity index (χ1) is 9.25. The molecular weight excluding hydrogens is 236 g/mol. The van der Waals surface area contributed by atoms with Gasteiger partial charge in [0, 0.05) is 12.2 Å². The van der Waals surface area contributed by atoms with Crippen molar-refractivity contribution in [3.05, 3.63) is 54.6 Å². The highest BCUT2D eigenvalue weighted by Crippen LogP contribution is 2.35. The molecule has 0 bridgehead atoms. The fraction of sp³-hybridized carbons (Fsp3) is 0.188. The van der Waals surface area contributed by atoms with E-state index >= 15 is 0 Å². The number of hydrogen-bond acceptors (Lipinski definition) is 2. The van der Waals surface area contributed by atoms with Crippen LogP contribution in [0.1, 0.15) is 6.92 Å². The first-order valence-electron chi connectivity index (χ1n) is 6.48. The van der Waals surface area contributed by atoms with E-state index in [1.807, 2.05) is 49.4 Å². The highest BCUT2D eigenvalue weighted by atomic mass is 16.1. The van der Waals surface area contributed by atoms with Gasteiger partial charge in [0.05, 0.1) is 17.3 Å². The molecule has 2 aromatic rings. The van der Waals surface area contributed by atoms with Crippen LogP contribution in [0.4, 0.5) is 17.1 Å². The quantitative estimate of drug-likeness (QED) is 0.843. The summed E-state index contributed by atoms with van der Waals surface area (Å²) in [5.41, 5.74) is 3.03. The predicted octanol–water partition coefficient (Wildman–Crippen LogP) is 3.41. The van der Waals surface area contributed by atoms with E-state index in [0.29, 0.717) is 6.54 Å². The van der Waals surface area contributed by atoms with Crippen molar-refractivity contribution in [3.8, 4) is 0 Å². The summed E-state index contributed by atoms with van der Waals surface area (Å²) >= 11 is 0. The lowest BCUT2D eigenvalue weighted by molar-refractivity contribution is -0.119. The molecule has 0 saturated carbocycles. The highest BCUT2D eigenvalue weighted by Gasteiger charge is 2.25. The molecule has 0 radical (unpaired) electrons. The summed E-state index contributed by atoms with van der Waals surface area (Å²) < 4.78 is 0. The summed E-state index contributed by atoms with van der Waals surface area (Å²) in [6, 6.07) is 18.1. The summed E-state index contributed by atoms with van der Waals surface area (Å²) in [6.45, 7) is 2.64. The average Bonchev–Trinajstić information content (AvgIpc) is 2.58. The van der Waals surface area contributed by atoms with E-state index in [1.165, 1.54) is 0 Å². The van der Waals surface area contributed by atoms with Crippen molar-refractivity contribution in [2.75, 3.05) is 16.8 Å². The molecule has 3 rings (SSSR count). The van der Waals surface area contributed by atoms with Crippen molar-refractivity contribution < 1.29 is 4.79 Å². The molecule has 1 heterocycles. The minimum absolute atomic E-state index is 0.0485. The van der Waals surface area contributed by atoms with Crippen LogP contribution in [0.25, 0.3) is 0 Å². The van der Waals surface area contributed by atoms with Crippen LogP contribution in [-0.4, -0.2) is 12.5 Å². The van der Waals surface area contributed by atoms with Gasteiger partial charge in [-0.3, -0.25) is 4.79 Å². The number of anilines is 3. The molecule has 3 heteroatoms. The van der Waals surface area contributed by atoms with Crippen molar-refractivity contribution in [1.29, 1.82) is 0 Å². The Morgan fingerprint density at radius 3 is 2.53 bits per heavy atom. The molecule has 0 saturated heterocycles. The lowest BCUT2D eigenvalue weighted by Gasteiger charge is -2.25. The Balaban J connectivity index is 2.10. The number of nitrogens with one attached hydrogen (secondary N) is 1. The molecule has 1 amide bonds. The largest absolute Gasteiger partial charge is 0.339 e. The van der Waals surface area contributed by atoms with Gasteiger partial charge in [0.25, 0.3) is 0 Å². The van der Waals surface area contributed by atoms with Crippen LogP contribution in [0.3, 0.4) is 0 Å². The van der Waals surface area contributed by atoms with Crippen molar-refractivity contribution in [2.45, 2.75) is 6.92 Å². The molecule has 19 heavy (non-hydrogen) atoms. The SMILES string of the molecule is CC1CN(c2ccccc2)c2ccccc2NC1=O. The highest BCUT2D eigenvalue weighted by molar-refractivity contribution is 5.98. The van der Waals surface area contributed by atoms with Crippen molar-refractivity contribution in [1.82, 2.24) is 0 Å². The summed E-state index contributed by atoms with van der Waals surface area (Å²) in [5.74, 6) is 0.0264. The molecule has 1 aliphatic heterocycles. The van der Waals surface area contributed by atoms with Crippen LogP contribution >= 0.6 is 0 Å². The normalized spacial score (nSPS) is 18.5. The number of benzene rings is 2. The van der Waals surface area contributed by atoms with Crippen LogP contribution in [0.15, 0.2) is 54.6 Å². The summed E-state index contributed by atoms with van der Waals surface area (Å²) in [7, 11) is 0. The van der Waals surface area contributed by atoms with Gasteiger partial charge in [-0.15, -0.1) is 0 Å². The zero-order chi connectivity index (χ0) is 13.2. The van der Waals surface area contributed by atoms with Gasteiger partial charge in [-0.2, -0.15) is 0 Å². The van der Waals surface area contributed by atoms with Crippen LogP contribution in [-0.2, 0) is 4.79 Å². The third-order valence-electron chi connectivity index (χ3n) is 3.42. The standard InChI is InChI=1S/C16H16N2O/c1-12-11-18(13-7-3-2-4-8-13)15-10-6-5-9-14(15)17-16(12)19/h2-10,12H,11H2,1H3,(H,17,19). The first kappa shape index (κ1) is 11.8. The fourth-order valence-electron chi connectivity index (χ4n) is 2.38. The lowest BCUT2D eigenvalue weighted by Crippen LogP contribution is -2.27. The van der Waals surface area contributed by atoms with Gasteiger partial charge in [0.1, 0.15) is 0 Å². The Morgan fingerprint density at radius 2 is 1.74 bits per heavy atom. The Bertz CT molecular complexity index is 595. The average molecular weight is 252 g/mol. The number of carbonyl (C=O) groups is 1. The Hall–Kier alpha value is -2.29. The number of carbonyl (C=O) groups excluding carboxylic acids is 1. The molecular formula is C16H16N2O. The molecule has 0 aliphatic carbocycles. The minimum Gasteiger partial charge on any atom is -0.339 e. The van der Waals surface area contributed by atoms with E-state index in [9.17, 15) is 4.79 Å². The van der Waals surface area contributed by atoms with Crippen LogP contribution in [0.5, 0.6) is 0 Å². The van der Waals surface area contributed by atoms with E-state index in [2.05, 4.69) is 22.3 Å². The van der Waals surface area contributed by atoms with Gasteiger partial charge < -0.3 is 10.2 Å². The molecule has 1 aliphatic rings. The lowest BCUT2D eigenvalue weighted by atomic mass is 10.1. The van der Waals surface area contributed by atoms with Gasteiger partial charge >= 0.3 is 0 Å². The second-order valence-electron chi connectivity index (χ2n) is 4.85. The van der Waals surface area contributed by atoms with E-state index in [-0.39, 0.29) is 11.8 Å². The van der Waals surface area contributed by atoms with E-state index in [0.717, 1.165) is 17.1 Å². The maximum atomic E-state index is 12.0.